The Hall–Kier alpha value is -1.30. The zero-order valence-electron chi connectivity index (χ0n) is 15.2. The van der Waals surface area contributed by atoms with E-state index in [1.807, 2.05) is 0 Å². The number of benzene rings is 2. The summed E-state index contributed by atoms with van der Waals surface area (Å²) in [7, 11) is 0. The summed E-state index contributed by atoms with van der Waals surface area (Å²) in [6, 6.07) is 17.2. The van der Waals surface area contributed by atoms with Crippen molar-refractivity contribution >= 4 is 34.9 Å². The lowest BCUT2D eigenvalue weighted by atomic mass is 10.3. The highest BCUT2D eigenvalue weighted by molar-refractivity contribution is 7.98. The van der Waals surface area contributed by atoms with Crippen molar-refractivity contribution in [1.29, 1.82) is 0 Å². The van der Waals surface area contributed by atoms with Gasteiger partial charge in [-0.3, -0.25) is 0 Å². The molecule has 0 saturated heterocycles. The maximum Gasteiger partial charge on any atom is 0.0340 e. The SMILES string of the molecule is CSc1ccc(NCCCNCCCNc2ccc(SC)cc2)cc1. The Balaban J connectivity index is 1.45. The van der Waals surface area contributed by atoms with Gasteiger partial charge in [-0.1, -0.05) is 0 Å². The summed E-state index contributed by atoms with van der Waals surface area (Å²) in [6.07, 6.45) is 6.47. The first-order valence-corrected chi connectivity index (χ1v) is 11.2. The molecule has 0 aliphatic rings. The van der Waals surface area contributed by atoms with E-state index in [-0.39, 0.29) is 0 Å². The largest absolute Gasteiger partial charge is 0.385 e. The van der Waals surface area contributed by atoms with Gasteiger partial charge in [0, 0.05) is 34.3 Å². The molecule has 0 amide bonds. The van der Waals surface area contributed by atoms with Crippen LogP contribution >= 0.6 is 23.5 Å². The minimum absolute atomic E-state index is 1.01. The zero-order valence-corrected chi connectivity index (χ0v) is 16.8. The fourth-order valence-electron chi connectivity index (χ4n) is 2.43. The molecule has 136 valence electrons. The third-order valence-corrected chi connectivity index (χ3v) is 5.39. The molecular weight excluding hydrogens is 346 g/mol. The summed E-state index contributed by atoms with van der Waals surface area (Å²) in [5.41, 5.74) is 2.41. The molecule has 0 fully saturated rings. The van der Waals surface area contributed by atoms with Crippen LogP contribution in [0.5, 0.6) is 0 Å². The van der Waals surface area contributed by atoms with Gasteiger partial charge in [-0.15, -0.1) is 23.5 Å². The Labute approximate surface area is 160 Å². The zero-order chi connectivity index (χ0) is 17.7. The highest BCUT2D eigenvalue weighted by Gasteiger charge is 1.95. The van der Waals surface area contributed by atoms with Gasteiger partial charge in [0.25, 0.3) is 0 Å². The maximum atomic E-state index is 3.51. The lowest BCUT2D eigenvalue weighted by Crippen LogP contribution is -2.21. The van der Waals surface area contributed by atoms with Crippen LogP contribution < -0.4 is 16.0 Å². The summed E-state index contributed by atoms with van der Waals surface area (Å²) < 4.78 is 0. The van der Waals surface area contributed by atoms with Crippen LogP contribution in [0.15, 0.2) is 58.3 Å². The molecule has 0 atom stereocenters. The van der Waals surface area contributed by atoms with Crippen LogP contribution in [-0.4, -0.2) is 38.7 Å². The first-order valence-electron chi connectivity index (χ1n) is 8.78. The third kappa shape index (κ3) is 8.08. The van der Waals surface area contributed by atoms with Gasteiger partial charge in [-0.2, -0.15) is 0 Å². The summed E-state index contributed by atoms with van der Waals surface area (Å²) in [6.45, 7) is 4.12. The molecule has 0 aliphatic carbocycles. The molecule has 0 heterocycles. The number of hydrogen-bond donors (Lipinski definition) is 3. The van der Waals surface area contributed by atoms with Gasteiger partial charge < -0.3 is 16.0 Å². The molecule has 2 rings (SSSR count). The second kappa shape index (κ2) is 12.1. The van der Waals surface area contributed by atoms with Crippen molar-refractivity contribution in [3.8, 4) is 0 Å². The van der Waals surface area contributed by atoms with E-state index in [0.29, 0.717) is 0 Å². The molecule has 0 radical (unpaired) electrons. The number of rotatable bonds is 12. The molecule has 0 bridgehead atoms. The van der Waals surface area contributed by atoms with Crippen molar-refractivity contribution < 1.29 is 0 Å². The van der Waals surface area contributed by atoms with E-state index in [1.165, 1.54) is 21.2 Å². The second-order valence-corrected chi connectivity index (χ2v) is 7.53. The fraction of sp³-hybridized carbons (Fsp3) is 0.400. The highest BCUT2D eigenvalue weighted by Crippen LogP contribution is 2.18. The molecule has 0 spiro atoms. The van der Waals surface area contributed by atoms with Gasteiger partial charge in [0.15, 0.2) is 0 Å². The van der Waals surface area contributed by atoms with E-state index >= 15 is 0 Å². The average Bonchev–Trinajstić information content (AvgIpc) is 2.67. The first kappa shape index (κ1) is 20.0. The lowest BCUT2D eigenvalue weighted by Gasteiger charge is -2.09. The Kier molecular flexibility index (Phi) is 9.70. The van der Waals surface area contributed by atoms with Gasteiger partial charge in [0.2, 0.25) is 0 Å². The molecule has 0 unspecified atom stereocenters. The average molecular weight is 376 g/mol. The van der Waals surface area contributed by atoms with Gasteiger partial charge in [0.1, 0.15) is 0 Å². The van der Waals surface area contributed by atoms with Crippen LogP contribution in [-0.2, 0) is 0 Å². The van der Waals surface area contributed by atoms with E-state index in [9.17, 15) is 0 Å². The van der Waals surface area contributed by atoms with E-state index in [1.54, 1.807) is 23.5 Å². The second-order valence-electron chi connectivity index (χ2n) is 5.77. The van der Waals surface area contributed by atoms with Crippen molar-refractivity contribution in [3.63, 3.8) is 0 Å². The van der Waals surface area contributed by atoms with Gasteiger partial charge >= 0.3 is 0 Å². The number of nitrogens with one attached hydrogen (secondary N) is 3. The van der Waals surface area contributed by atoms with Crippen LogP contribution in [0, 0.1) is 0 Å². The van der Waals surface area contributed by atoms with Crippen LogP contribution in [0.3, 0.4) is 0 Å². The minimum Gasteiger partial charge on any atom is -0.385 e. The molecule has 25 heavy (non-hydrogen) atoms. The molecule has 3 N–H and O–H groups in total. The lowest BCUT2D eigenvalue weighted by molar-refractivity contribution is 0.643. The summed E-state index contributed by atoms with van der Waals surface area (Å²) >= 11 is 3.55. The Morgan fingerprint density at radius 1 is 0.600 bits per heavy atom. The molecular formula is C20H29N3S2. The Bertz CT molecular complexity index is 531. The first-order chi connectivity index (χ1) is 12.3. The Morgan fingerprint density at radius 2 is 1.00 bits per heavy atom. The van der Waals surface area contributed by atoms with Crippen molar-refractivity contribution in [2.45, 2.75) is 22.6 Å². The van der Waals surface area contributed by atoms with Crippen molar-refractivity contribution in [3.05, 3.63) is 48.5 Å². The van der Waals surface area contributed by atoms with E-state index in [0.717, 1.165) is 39.0 Å². The maximum absolute atomic E-state index is 3.51. The summed E-state index contributed by atoms with van der Waals surface area (Å²) in [4.78, 5) is 2.61. The molecule has 0 aromatic heterocycles. The van der Waals surface area contributed by atoms with Crippen molar-refractivity contribution in [2.24, 2.45) is 0 Å². The van der Waals surface area contributed by atoms with Gasteiger partial charge in [-0.25, -0.2) is 0 Å². The molecule has 2 aromatic rings. The van der Waals surface area contributed by atoms with Crippen LogP contribution in [0.2, 0.25) is 0 Å². The Morgan fingerprint density at radius 3 is 1.36 bits per heavy atom. The number of hydrogen-bond acceptors (Lipinski definition) is 5. The van der Waals surface area contributed by atoms with E-state index in [2.05, 4.69) is 77.0 Å². The monoisotopic (exact) mass is 375 g/mol. The minimum atomic E-state index is 1.01. The highest BCUT2D eigenvalue weighted by atomic mass is 32.2. The van der Waals surface area contributed by atoms with Crippen LogP contribution in [0.4, 0.5) is 11.4 Å². The molecule has 0 saturated carbocycles. The van der Waals surface area contributed by atoms with Gasteiger partial charge in [-0.05, 0) is 87.0 Å². The quantitative estimate of drug-likeness (QED) is 0.358. The van der Waals surface area contributed by atoms with Crippen LogP contribution in [0.1, 0.15) is 12.8 Å². The summed E-state index contributed by atoms with van der Waals surface area (Å²) in [5, 5.41) is 10.4. The summed E-state index contributed by atoms with van der Waals surface area (Å²) in [5.74, 6) is 0. The van der Waals surface area contributed by atoms with E-state index in [4.69, 9.17) is 0 Å². The number of thioether (sulfide) groups is 2. The number of anilines is 2. The molecule has 3 nitrogen and oxygen atoms in total. The molecule has 2 aromatic carbocycles. The van der Waals surface area contributed by atoms with Gasteiger partial charge in [0.05, 0.1) is 0 Å². The predicted molar refractivity (Wildman–Crippen MR) is 116 cm³/mol. The third-order valence-electron chi connectivity index (χ3n) is 3.90. The molecule has 0 aliphatic heterocycles. The molecule has 5 heteroatoms. The van der Waals surface area contributed by atoms with Crippen molar-refractivity contribution in [1.82, 2.24) is 5.32 Å². The fourth-order valence-corrected chi connectivity index (χ4v) is 3.25. The van der Waals surface area contributed by atoms with Crippen LogP contribution in [0.25, 0.3) is 0 Å². The van der Waals surface area contributed by atoms with E-state index < -0.39 is 0 Å². The normalized spacial score (nSPS) is 10.6. The standard InChI is InChI=1S/C20H29N3S2/c1-24-19-9-5-17(6-10-19)22-15-3-13-21-14-4-16-23-18-7-11-20(25-2)12-8-18/h5-12,21-23H,3-4,13-16H2,1-2H3. The predicted octanol–water partition coefficient (Wildman–Crippen LogP) is 5.02. The van der Waals surface area contributed by atoms with Crippen molar-refractivity contribution in [2.75, 3.05) is 49.3 Å². The smallest absolute Gasteiger partial charge is 0.0340 e. The topological polar surface area (TPSA) is 36.1 Å².